The molecule has 0 radical (unpaired) electrons. The van der Waals surface area contributed by atoms with E-state index in [-0.39, 0.29) is 39.6 Å². The minimum absolute atomic E-state index is 0.156. The number of rotatable bonds is 8. The van der Waals surface area contributed by atoms with Gasteiger partial charge in [0, 0.05) is 10.8 Å². The van der Waals surface area contributed by atoms with Gasteiger partial charge < -0.3 is 30.6 Å². The van der Waals surface area contributed by atoms with Crippen LogP contribution in [0.1, 0.15) is 26.7 Å². The van der Waals surface area contributed by atoms with E-state index in [1.807, 2.05) is 13.8 Å². The zero-order valence-electron chi connectivity index (χ0n) is 12.4. The van der Waals surface area contributed by atoms with E-state index >= 15 is 0 Å². The molecule has 0 saturated carbocycles. The summed E-state index contributed by atoms with van der Waals surface area (Å²) in [5, 5.41) is 51.9. The maximum atomic E-state index is 8.66. The summed E-state index contributed by atoms with van der Waals surface area (Å²) in [6, 6.07) is 0. The Morgan fingerprint density at radius 2 is 0.762 bits per heavy atom. The molecule has 0 bridgehead atoms. The van der Waals surface area contributed by atoms with E-state index in [0.717, 1.165) is 0 Å². The van der Waals surface area contributed by atoms with Gasteiger partial charge in [-0.3, -0.25) is 0 Å². The Morgan fingerprint density at radius 1 is 0.619 bits per heavy atom. The molecule has 0 heterocycles. The average Bonchev–Trinajstić information content (AvgIpc) is 2.54. The molecule has 0 aromatic rings. The second-order valence-electron chi connectivity index (χ2n) is 4.70. The van der Waals surface area contributed by atoms with Crippen molar-refractivity contribution in [2.45, 2.75) is 26.7 Å². The molecule has 136 valence electrons. The monoisotopic (exact) mass is 580 g/mol. The second-order valence-corrected chi connectivity index (χ2v) is 13.0. The van der Waals surface area contributed by atoms with E-state index in [9.17, 15) is 0 Å². The third kappa shape index (κ3) is 12.8. The van der Waals surface area contributed by atoms with Crippen LogP contribution in [0, 0.1) is 10.8 Å². The summed E-state index contributed by atoms with van der Waals surface area (Å²) in [4.78, 5) is 0. The predicted molar refractivity (Wildman–Crippen MR) is 96.0 cm³/mol. The van der Waals surface area contributed by atoms with Gasteiger partial charge in [0.05, 0.1) is 39.6 Å². The fraction of sp³-hybridized carbons (Fsp3) is 1.00. The Hall–Kier alpha value is 1.71. The summed E-state index contributed by atoms with van der Waals surface area (Å²) in [6.45, 7) is 2.71. The molecule has 0 aliphatic heterocycles. The van der Waals surface area contributed by atoms with Gasteiger partial charge in [-0.2, -0.15) is 0 Å². The third-order valence-electron chi connectivity index (χ3n) is 3.51. The van der Waals surface area contributed by atoms with Gasteiger partial charge >= 0.3 is 49.0 Å². The zero-order chi connectivity index (χ0) is 17.4. The van der Waals surface area contributed by atoms with Crippen LogP contribution in [-0.4, -0.2) is 70.3 Å². The van der Waals surface area contributed by atoms with Crippen molar-refractivity contribution in [1.29, 1.82) is 0 Å². The number of hydrogen-bond donors (Lipinski definition) is 6. The molecule has 0 aliphatic carbocycles. The molecule has 9 heteroatoms. The molecule has 0 spiro atoms. The molecule has 0 atom stereocenters. The van der Waals surface area contributed by atoms with Gasteiger partial charge in [0.2, 0.25) is 0 Å². The van der Waals surface area contributed by atoms with Crippen molar-refractivity contribution in [3.8, 4) is 0 Å². The van der Waals surface area contributed by atoms with Crippen LogP contribution < -0.4 is 0 Å². The molecule has 6 nitrogen and oxygen atoms in total. The van der Waals surface area contributed by atoms with E-state index in [1.54, 1.807) is 8.07 Å². The summed E-state index contributed by atoms with van der Waals surface area (Å²) in [6.07, 6.45) is 1.19. The van der Waals surface area contributed by atoms with E-state index < -0.39 is 10.8 Å². The first kappa shape index (κ1) is 27.6. The van der Waals surface area contributed by atoms with Crippen LogP contribution in [-0.2, 0) is 8.07 Å². The first-order valence-corrected chi connectivity index (χ1v) is 12.8. The van der Waals surface area contributed by atoms with Gasteiger partial charge in [0.1, 0.15) is 0 Å². The first-order chi connectivity index (χ1) is 9.90. The molecular formula is C12H28I2NiO6. The van der Waals surface area contributed by atoms with Gasteiger partial charge in [0.25, 0.3) is 0 Å². The molecular weight excluding hydrogens is 553 g/mol. The molecule has 0 fully saturated rings. The topological polar surface area (TPSA) is 121 Å². The van der Waals surface area contributed by atoms with Crippen LogP contribution in [0.5, 0.6) is 0 Å². The minimum atomic E-state index is -0.667. The van der Waals surface area contributed by atoms with E-state index in [1.165, 1.54) is 0 Å². The Bertz CT molecular complexity index is 149. The van der Waals surface area contributed by atoms with Crippen LogP contribution in [0.4, 0.5) is 0 Å². The predicted octanol–water partition coefficient (Wildman–Crippen LogP) is 0.488. The van der Waals surface area contributed by atoms with Gasteiger partial charge in [0.15, 0.2) is 0 Å². The number of aliphatic hydroxyl groups excluding tert-OH is 6. The van der Waals surface area contributed by atoms with Gasteiger partial charge in [-0.25, -0.2) is 0 Å². The number of hydrogen-bond acceptors (Lipinski definition) is 6. The van der Waals surface area contributed by atoms with Crippen LogP contribution in [0.3, 0.4) is 0 Å². The van der Waals surface area contributed by atoms with Crippen LogP contribution in [0.25, 0.3) is 0 Å². The van der Waals surface area contributed by atoms with E-state index in [4.69, 9.17) is 30.6 Å². The zero-order valence-corrected chi connectivity index (χ0v) is 17.7. The fourth-order valence-corrected chi connectivity index (χ4v) is 0.971. The number of halogens is 2. The number of aliphatic hydroxyl groups is 6. The summed E-state index contributed by atoms with van der Waals surface area (Å²) in [5.74, 6) is 0. The fourth-order valence-electron chi connectivity index (χ4n) is 0.971. The summed E-state index contributed by atoms with van der Waals surface area (Å²) in [5.41, 5.74) is -1.33. The molecule has 0 aromatic heterocycles. The summed E-state index contributed by atoms with van der Waals surface area (Å²) < 4.78 is 0. The van der Waals surface area contributed by atoms with Crippen LogP contribution in [0.15, 0.2) is 0 Å². The molecule has 0 aromatic carbocycles. The third-order valence-corrected chi connectivity index (χ3v) is 3.51. The van der Waals surface area contributed by atoms with Crippen molar-refractivity contribution < 1.29 is 38.7 Å². The standard InChI is InChI=1S/2C6H14O3.2HI.Ni/c2*1-2-6(3-7,4-8)5-9;;;/h2*7-9H,2-5H2,1H3;2*1H;/q;;;;+2/p-2. The summed E-state index contributed by atoms with van der Waals surface area (Å²) in [7, 11) is 1.56. The van der Waals surface area contributed by atoms with Crippen molar-refractivity contribution in [2.24, 2.45) is 10.8 Å². The molecule has 0 rings (SSSR count). The van der Waals surface area contributed by atoms with E-state index in [0.29, 0.717) is 12.8 Å². The average molecular weight is 581 g/mol. The van der Waals surface area contributed by atoms with Gasteiger partial charge in [-0.15, -0.1) is 0 Å². The van der Waals surface area contributed by atoms with Crippen LogP contribution >= 0.6 is 41.0 Å². The van der Waals surface area contributed by atoms with E-state index in [2.05, 4.69) is 41.0 Å². The van der Waals surface area contributed by atoms with Gasteiger partial charge in [-0.1, -0.05) is 13.8 Å². The Balaban J connectivity index is -0.000000260. The Labute approximate surface area is 155 Å². The van der Waals surface area contributed by atoms with Crippen molar-refractivity contribution >= 4 is 41.0 Å². The van der Waals surface area contributed by atoms with Crippen molar-refractivity contribution in [2.75, 3.05) is 39.6 Å². The van der Waals surface area contributed by atoms with Gasteiger partial charge in [-0.05, 0) is 12.8 Å². The molecule has 0 unspecified atom stereocenters. The quantitative estimate of drug-likeness (QED) is 0.184. The van der Waals surface area contributed by atoms with Crippen molar-refractivity contribution in [3.63, 3.8) is 0 Å². The molecule has 21 heavy (non-hydrogen) atoms. The Morgan fingerprint density at radius 3 is 0.762 bits per heavy atom. The van der Waals surface area contributed by atoms with Crippen molar-refractivity contribution in [1.82, 2.24) is 0 Å². The molecule has 0 amide bonds. The maximum absolute atomic E-state index is 8.66. The van der Waals surface area contributed by atoms with Crippen molar-refractivity contribution in [3.05, 3.63) is 0 Å². The summed E-state index contributed by atoms with van der Waals surface area (Å²) >= 11 is 4.43. The normalized spacial score (nSPS) is 11.3. The Kier molecular flexibility index (Phi) is 23.7. The van der Waals surface area contributed by atoms with Crippen LogP contribution in [0.2, 0.25) is 0 Å². The molecule has 0 saturated heterocycles. The SMILES string of the molecule is CCC(CO)(CO)CO.CCC(CO)(CO)CO.[I][Ni][I]. The molecule has 0 aliphatic rings. The first-order valence-electron chi connectivity index (χ1n) is 6.38. The molecule has 6 N–H and O–H groups in total. The second kappa shape index (κ2) is 18.1.